The Bertz CT molecular complexity index is 820. The molecule has 2 aromatic rings. The molecule has 0 saturated heterocycles. The monoisotopic (exact) mass is 340 g/mol. The Kier molecular flexibility index (Phi) is 4.62. The molecule has 1 N–H and O–H groups in total. The van der Waals surface area contributed by atoms with E-state index in [1.807, 2.05) is 20.9 Å². The van der Waals surface area contributed by atoms with Crippen molar-refractivity contribution in [1.82, 2.24) is 19.4 Å². The van der Waals surface area contributed by atoms with Crippen molar-refractivity contribution in [2.24, 2.45) is 7.05 Å². The van der Waals surface area contributed by atoms with Gasteiger partial charge in [0.25, 0.3) is 15.9 Å². The van der Waals surface area contributed by atoms with E-state index >= 15 is 0 Å². The number of aromatic nitrogens is 2. The SMILES string of the molecule is Cc1c([C@@H](C)NC(=O)c2ccc(S(=O)(=O)N(C)C)o2)cnn1C. The number of hydrogen-bond donors (Lipinski definition) is 1. The van der Waals surface area contributed by atoms with Crippen LogP contribution in [0.15, 0.2) is 27.8 Å². The molecule has 0 aliphatic carbocycles. The first kappa shape index (κ1) is 17.2. The van der Waals surface area contributed by atoms with E-state index in [1.165, 1.54) is 26.2 Å². The second-order valence-corrected chi connectivity index (χ2v) is 7.49. The van der Waals surface area contributed by atoms with Crippen molar-refractivity contribution in [2.45, 2.75) is 25.0 Å². The summed E-state index contributed by atoms with van der Waals surface area (Å²) in [5.74, 6) is -0.542. The minimum absolute atomic E-state index is 0.0566. The van der Waals surface area contributed by atoms with Crippen molar-refractivity contribution in [3.63, 3.8) is 0 Å². The molecule has 1 amide bonds. The quantitative estimate of drug-likeness (QED) is 0.878. The maximum atomic E-state index is 12.2. The van der Waals surface area contributed by atoms with Gasteiger partial charge in [0.05, 0.1) is 12.2 Å². The molecule has 0 bridgehead atoms. The maximum absolute atomic E-state index is 12.2. The van der Waals surface area contributed by atoms with Crippen LogP contribution in [0.3, 0.4) is 0 Å². The molecule has 0 radical (unpaired) electrons. The Labute approximate surface area is 135 Å². The molecular weight excluding hydrogens is 320 g/mol. The molecule has 0 aliphatic heterocycles. The molecule has 126 valence electrons. The second kappa shape index (κ2) is 6.17. The van der Waals surface area contributed by atoms with E-state index in [9.17, 15) is 13.2 Å². The van der Waals surface area contributed by atoms with Gasteiger partial charge in [0.2, 0.25) is 5.09 Å². The topological polar surface area (TPSA) is 97.4 Å². The number of aryl methyl sites for hydroxylation is 1. The fourth-order valence-electron chi connectivity index (χ4n) is 2.05. The van der Waals surface area contributed by atoms with Crippen LogP contribution in [0.4, 0.5) is 0 Å². The molecule has 2 rings (SSSR count). The summed E-state index contributed by atoms with van der Waals surface area (Å²) >= 11 is 0. The standard InChI is InChI=1S/C14H20N4O4S/c1-9(11-8-15-18(5)10(11)2)16-14(19)12-6-7-13(22-12)23(20,21)17(3)4/h6-9H,1-5H3,(H,16,19)/t9-/m1/s1. The summed E-state index contributed by atoms with van der Waals surface area (Å²) in [6, 6.07) is 2.33. The van der Waals surface area contributed by atoms with Crippen molar-refractivity contribution in [3.8, 4) is 0 Å². The Morgan fingerprint density at radius 1 is 1.39 bits per heavy atom. The van der Waals surface area contributed by atoms with Gasteiger partial charge in [0.15, 0.2) is 5.76 Å². The highest BCUT2D eigenvalue weighted by Gasteiger charge is 2.24. The number of sulfonamides is 1. The van der Waals surface area contributed by atoms with Gasteiger partial charge >= 0.3 is 0 Å². The van der Waals surface area contributed by atoms with Crippen LogP contribution < -0.4 is 5.32 Å². The van der Waals surface area contributed by atoms with Crippen LogP contribution in [0, 0.1) is 6.92 Å². The molecule has 2 aromatic heterocycles. The lowest BCUT2D eigenvalue weighted by molar-refractivity contribution is 0.0906. The molecule has 0 spiro atoms. The molecular formula is C14H20N4O4S. The highest BCUT2D eigenvalue weighted by atomic mass is 32.2. The summed E-state index contributed by atoms with van der Waals surface area (Å²) in [5.41, 5.74) is 1.82. The minimum atomic E-state index is -3.70. The smallest absolute Gasteiger partial charge is 0.287 e. The normalized spacial score (nSPS) is 13.3. The van der Waals surface area contributed by atoms with Crippen LogP contribution >= 0.6 is 0 Å². The van der Waals surface area contributed by atoms with Crippen LogP contribution in [0.25, 0.3) is 0 Å². The van der Waals surface area contributed by atoms with Gasteiger partial charge in [-0.15, -0.1) is 0 Å². The van der Waals surface area contributed by atoms with E-state index in [0.717, 1.165) is 15.6 Å². The van der Waals surface area contributed by atoms with E-state index in [0.29, 0.717) is 0 Å². The van der Waals surface area contributed by atoms with Gasteiger partial charge in [-0.1, -0.05) is 0 Å². The molecule has 2 heterocycles. The van der Waals surface area contributed by atoms with Gasteiger partial charge in [-0.3, -0.25) is 9.48 Å². The maximum Gasteiger partial charge on any atom is 0.287 e. The van der Waals surface area contributed by atoms with Gasteiger partial charge in [-0.2, -0.15) is 5.10 Å². The number of amides is 1. The van der Waals surface area contributed by atoms with E-state index in [4.69, 9.17) is 4.42 Å². The first-order valence-electron chi connectivity index (χ1n) is 6.96. The molecule has 0 aliphatic rings. The van der Waals surface area contributed by atoms with Crippen molar-refractivity contribution < 1.29 is 17.6 Å². The van der Waals surface area contributed by atoms with Crippen molar-refractivity contribution >= 4 is 15.9 Å². The number of carbonyl (C=O) groups excluding carboxylic acids is 1. The molecule has 8 nitrogen and oxygen atoms in total. The van der Waals surface area contributed by atoms with Gasteiger partial charge in [-0.25, -0.2) is 12.7 Å². The predicted molar refractivity (Wildman–Crippen MR) is 83.4 cm³/mol. The minimum Gasteiger partial charge on any atom is -0.438 e. The first-order valence-corrected chi connectivity index (χ1v) is 8.40. The highest BCUT2D eigenvalue weighted by molar-refractivity contribution is 7.88. The van der Waals surface area contributed by atoms with Crippen LogP contribution in [0.5, 0.6) is 0 Å². The van der Waals surface area contributed by atoms with Gasteiger partial charge in [0, 0.05) is 32.4 Å². The van der Waals surface area contributed by atoms with E-state index < -0.39 is 15.9 Å². The fourth-order valence-corrected chi connectivity index (χ4v) is 2.84. The van der Waals surface area contributed by atoms with E-state index in [-0.39, 0.29) is 16.9 Å². The predicted octanol–water partition coefficient (Wildman–Crippen LogP) is 1.06. The van der Waals surface area contributed by atoms with Crippen molar-refractivity contribution in [2.75, 3.05) is 14.1 Å². The van der Waals surface area contributed by atoms with Crippen LogP contribution in [-0.4, -0.2) is 42.5 Å². The number of furan rings is 1. The number of hydrogen-bond acceptors (Lipinski definition) is 5. The lowest BCUT2D eigenvalue weighted by Crippen LogP contribution is -2.26. The molecule has 0 fully saturated rings. The van der Waals surface area contributed by atoms with Gasteiger partial charge < -0.3 is 9.73 Å². The van der Waals surface area contributed by atoms with Crippen LogP contribution in [0.2, 0.25) is 0 Å². The lowest BCUT2D eigenvalue weighted by Gasteiger charge is -2.12. The van der Waals surface area contributed by atoms with E-state index in [2.05, 4.69) is 10.4 Å². The van der Waals surface area contributed by atoms with Crippen LogP contribution in [-0.2, 0) is 17.1 Å². The summed E-state index contributed by atoms with van der Waals surface area (Å²) < 4.78 is 31.8. The summed E-state index contributed by atoms with van der Waals surface area (Å²) in [4.78, 5) is 12.2. The third-order valence-electron chi connectivity index (χ3n) is 3.63. The average molecular weight is 340 g/mol. The zero-order valence-electron chi connectivity index (χ0n) is 13.7. The molecule has 23 heavy (non-hydrogen) atoms. The molecule has 9 heteroatoms. The first-order chi connectivity index (χ1) is 10.6. The zero-order chi connectivity index (χ0) is 17.4. The van der Waals surface area contributed by atoms with Crippen molar-refractivity contribution in [1.29, 1.82) is 0 Å². The largest absolute Gasteiger partial charge is 0.438 e. The lowest BCUT2D eigenvalue weighted by atomic mass is 10.1. The summed E-state index contributed by atoms with van der Waals surface area (Å²) in [6.07, 6.45) is 1.68. The van der Waals surface area contributed by atoms with Gasteiger partial charge in [-0.05, 0) is 26.0 Å². The number of rotatable bonds is 5. The Morgan fingerprint density at radius 2 is 2.04 bits per heavy atom. The second-order valence-electron chi connectivity index (χ2n) is 5.41. The number of nitrogens with zero attached hydrogens (tertiary/aromatic N) is 3. The Morgan fingerprint density at radius 3 is 2.57 bits per heavy atom. The summed E-state index contributed by atoms with van der Waals surface area (Å²) in [5, 5.41) is 6.63. The third kappa shape index (κ3) is 3.30. The highest BCUT2D eigenvalue weighted by Crippen LogP contribution is 2.19. The number of carbonyl (C=O) groups is 1. The zero-order valence-corrected chi connectivity index (χ0v) is 14.5. The third-order valence-corrected chi connectivity index (χ3v) is 5.32. The average Bonchev–Trinajstić information content (AvgIpc) is 3.07. The Balaban J connectivity index is 2.16. The molecule has 0 saturated carbocycles. The van der Waals surface area contributed by atoms with Crippen LogP contribution in [0.1, 0.15) is 34.8 Å². The Hall–Kier alpha value is -2.13. The fraction of sp³-hybridized carbons (Fsp3) is 0.429. The summed E-state index contributed by atoms with van der Waals surface area (Å²) in [6.45, 7) is 3.72. The van der Waals surface area contributed by atoms with Gasteiger partial charge in [0.1, 0.15) is 0 Å². The number of nitrogens with one attached hydrogen (secondary N) is 1. The molecule has 0 unspecified atom stereocenters. The molecule has 0 aromatic carbocycles. The summed E-state index contributed by atoms with van der Waals surface area (Å²) in [7, 11) is 0.905. The van der Waals surface area contributed by atoms with E-state index in [1.54, 1.807) is 10.9 Å². The van der Waals surface area contributed by atoms with Crippen molar-refractivity contribution in [3.05, 3.63) is 35.3 Å². The molecule has 1 atom stereocenters.